The minimum Gasteiger partial charge on any atom is -0.457 e. The lowest BCUT2D eigenvalue weighted by Crippen LogP contribution is -2.10. The fraction of sp³-hybridized carbons (Fsp3) is 0. The van der Waals surface area contributed by atoms with Gasteiger partial charge in [0.1, 0.15) is 11.5 Å². The van der Waals surface area contributed by atoms with Crippen molar-refractivity contribution in [2.45, 2.75) is 0 Å². The van der Waals surface area contributed by atoms with Gasteiger partial charge in [0.2, 0.25) is 0 Å². The van der Waals surface area contributed by atoms with Crippen molar-refractivity contribution in [1.82, 2.24) is 0 Å². The summed E-state index contributed by atoms with van der Waals surface area (Å²) in [5, 5.41) is 7.58. The summed E-state index contributed by atoms with van der Waals surface area (Å²) in [5.41, 5.74) is 18.2. The fourth-order valence-corrected chi connectivity index (χ4v) is 17.5. The van der Waals surface area contributed by atoms with E-state index in [9.17, 15) is 0 Å². The second-order valence-electron chi connectivity index (χ2n) is 25.6. The molecule has 3 heterocycles. The Morgan fingerprint density at radius 3 is 0.827 bits per heavy atom. The molecule has 0 bridgehead atoms. The molecule has 0 unspecified atom stereocenters. The summed E-state index contributed by atoms with van der Waals surface area (Å²) in [6, 6.07) is 143. The lowest BCUT2D eigenvalue weighted by molar-refractivity contribution is 0.483. The zero-order valence-corrected chi connectivity index (χ0v) is 59.0. The average molecular weight is 1390 g/mol. The summed E-state index contributed by atoms with van der Waals surface area (Å²) < 4.78 is 14.0. The van der Waals surface area contributed by atoms with Crippen molar-refractivity contribution < 1.29 is 4.74 Å². The highest BCUT2D eigenvalue weighted by atomic mass is 32.1. The second-order valence-corrected chi connectivity index (χ2v) is 28.9. The smallest absolute Gasteiger partial charge is 0.129 e. The number of para-hydroxylation sites is 5. The Hall–Kier alpha value is -12.8. The van der Waals surface area contributed by atoms with E-state index < -0.39 is 0 Å². The number of fused-ring (bicyclic) bond motifs is 9. The molecule has 0 saturated carbocycles. The molecule has 0 fully saturated rings. The molecular weight excluding hydrogens is 1320 g/mol. The van der Waals surface area contributed by atoms with E-state index in [4.69, 9.17) is 4.74 Å². The molecular formula is C96H66N4OS3. The average Bonchev–Trinajstić information content (AvgIpc) is 1.61. The molecule has 8 heteroatoms. The van der Waals surface area contributed by atoms with E-state index in [1.807, 2.05) is 70.4 Å². The molecule has 5 nitrogen and oxygen atoms in total. The SMILES string of the molecule is c1ccc(-c2ccc(N(c3ccc(-c4ccccc4)cc3)c3ccc4c(c3)sc3ccc(N(c5ccccc5)c5ccccc5)cc34)cc2)cc1.c1ccc(Oc2cccc(N(c3ccc4c(c3)sc3ccc(N(c5ccccc5)c5ccccc5)cc34)c3ccc4sc5ccccc5c4c3)c2)cc1. The molecule has 0 aliphatic carbocycles. The third-order valence-corrected chi connectivity index (χ3v) is 22.5. The Morgan fingerprint density at radius 2 is 0.413 bits per heavy atom. The third-order valence-electron chi connectivity index (χ3n) is 19.1. The number of thiophene rings is 3. The van der Waals surface area contributed by atoms with Gasteiger partial charge in [-0.1, -0.05) is 212 Å². The molecule has 0 radical (unpaired) electrons. The van der Waals surface area contributed by atoms with Gasteiger partial charge in [-0.15, -0.1) is 34.0 Å². The van der Waals surface area contributed by atoms with Crippen molar-refractivity contribution in [3.05, 3.63) is 400 Å². The molecule has 0 N–H and O–H groups in total. The van der Waals surface area contributed by atoms with Crippen molar-refractivity contribution in [3.8, 4) is 33.8 Å². The Bertz CT molecular complexity index is 6030. The van der Waals surface area contributed by atoms with E-state index in [-0.39, 0.29) is 0 Å². The number of hydrogen-bond donors (Lipinski definition) is 0. The van der Waals surface area contributed by atoms with Crippen LogP contribution in [0.2, 0.25) is 0 Å². The highest BCUT2D eigenvalue weighted by molar-refractivity contribution is 7.26. The van der Waals surface area contributed by atoms with Gasteiger partial charge < -0.3 is 24.3 Å². The number of ether oxygens (including phenoxy) is 1. The predicted octanol–water partition coefficient (Wildman–Crippen LogP) is 29.5. The minimum atomic E-state index is 0.789. The maximum atomic E-state index is 6.33. The Morgan fingerprint density at radius 1 is 0.154 bits per heavy atom. The lowest BCUT2D eigenvalue weighted by Gasteiger charge is -2.26. The van der Waals surface area contributed by atoms with E-state index in [1.165, 1.54) is 82.8 Å². The summed E-state index contributed by atoms with van der Waals surface area (Å²) >= 11 is 5.53. The topological polar surface area (TPSA) is 22.2 Å². The predicted molar refractivity (Wildman–Crippen MR) is 448 cm³/mol. The standard InChI is InChI=1S/C48H32N2OS2.C48H34N2S/c1-4-13-33(14-5-1)49(34-15-6-2-7-16-34)36-24-28-47-44(30-36)42-26-23-38(32-48(42)53-47)50(35-17-12-20-40(29-35)51-39-18-8-3-9-19-39)37-25-27-46-43(31-37)41-21-10-11-22-45(41)52-46;1-5-13-35(14-6-1)37-21-25-41(26-22-37)50(42-27-23-38(24-28-42)36-15-7-2-8-16-36)44-29-31-45-46-33-43(30-32-47(46)51-48(45)34-44)49(39-17-9-3-10-18-39)40-19-11-4-12-20-40/h1-32H;1-34H. The van der Waals surface area contributed by atoms with Crippen LogP contribution in [0.1, 0.15) is 0 Å². The van der Waals surface area contributed by atoms with Crippen LogP contribution >= 0.6 is 34.0 Å². The largest absolute Gasteiger partial charge is 0.457 e. The van der Waals surface area contributed by atoms with Crippen LogP contribution in [0.15, 0.2) is 400 Å². The molecule has 19 aromatic rings. The number of anilines is 12. The second kappa shape index (κ2) is 28.3. The van der Waals surface area contributed by atoms with Crippen LogP contribution in [0, 0.1) is 0 Å². The van der Waals surface area contributed by atoms with Gasteiger partial charge in [0, 0.05) is 135 Å². The van der Waals surface area contributed by atoms with Crippen LogP contribution in [0.3, 0.4) is 0 Å². The molecule has 0 spiro atoms. The summed E-state index contributed by atoms with van der Waals surface area (Å²) in [7, 11) is 0. The number of rotatable bonds is 16. The lowest BCUT2D eigenvalue weighted by atomic mass is 10.0. The number of benzene rings is 16. The fourth-order valence-electron chi connectivity index (χ4n) is 14.2. The van der Waals surface area contributed by atoms with E-state index in [2.05, 4.69) is 384 Å². The first-order valence-corrected chi connectivity index (χ1v) is 37.4. The molecule has 19 rings (SSSR count). The van der Waals surface area contributed by atoms with Crippen molar-refractivity contribution in [1.29, 1.82) is 0 Å². The van der Waals surface area contributed by atoms with Gasteiger partial charge in [-0.05, 0) is 204 Å². The van der Waals surface area contributed by atoms with Gasteiger partial charge in [0.15, 0.2) is 0 Å². The third kappa shape index (κ3) is 12.8. The van der Waals surface area contributed by atoms with Gasteiger partial charge in [-0.3, -0.25) is 0 Å². The van der Waals surface area contributed by atoms with Crippen LogP contribution in [0.25, 0.3) is 82.8 Å². The first kappa shape index (κ1) is 63.4. The first-order chi connectivity index (χ1) is 51.5. The number of nitrogens with zero attached hydrogens (tertiary/aromatic N) is 4. The Kier molecular flexibility index (Phi) is 17.2. The molecule has 0 aliphatic rings. The molecule has 104 heavy (non-hydrogen) atoms. The van der Waals surface area contributed by atoms with E-state index in [0.29, 0.717) is 0 Å². The maximum absolute atomic E-state index is 6.33. The highest BCUT2D eigenvalue weighted by Gasteiger charge is 2.22. The molecule has 0 saturated heterocycles. The van der Waals surface area contributed by atoms with Crippen molar-refractivity contribution in [2.24, 2.45) is 0 Å². The minimum absolute atomic E-state index is 0.789. The van der Waals surface area contributed by atoms with E-state index >= 15 is 0 Å². The summed E-state index contributed by atoms with van der Waals surface area (Å²) in [6.45, 7) is 0. The van der Waals surface area contributed by atoms with Gasteiger partial charge in [-0.2, -0.15) is 0 Å². The van der Waals surface area contributed by atoms with Crippen molar-refractivity contribution >= 4 is 163 Å². The zero-order valence-electron chi connectivity index (χ0n) is 56.5. The quantitative estimate of drug-likeness (QED) is 0.0959. The molecule has 3 aromatic heterocycles. The van der Waals surface area contributed by atoms with E-state index in [1.54, 1.807) is 0 Å². The Labute approximate surface area is 616 Å². The molecule has 0 aliphatic heterocycles. The molecule has 494 valence electrons. The number of hydrogen-bond acceptors (Lipinski definition) is 8. The summed E-state index contributed by atoms with van der Waals surface area (Å²) in [5.74, 6) is 1.60. The summed E-state index contributed by atoms with van der Waals surface area (Å²) in [4.78, 5) is 9.38. The normalized spacial score (nSPS) is 11.3. The highest BCUT2D eigenvalue weighted by Crippen LogP contribution is 2.48. The van der Waals surface area contributed by atoms with Crippen molar-refractivity contribution in [2.75, 3.05) is 19.6 Å². The zero-order chi connectivity index (χ0) is 69.1. The maximum Gasteiger partial charge on any atom is 0.129 e. The van der Waals surface area contributed by atoms with Crippen LogP contribution in [0.4, 0.5) is 68.2 Å². The first-order valence-electron chi connectivity index (χ1n) is 34.9. The van der Waals surface area contributed by atoms with Crippen LogP contribution in [-0.2, 0) is 0 Å². The molecule has 0 atom stereocenters. The summed E-state index contributed by atoms with van der Waals surface area (Å²) in [6.07, 6.45) is 0. The van der Waals surface area contributed by atoms with Gasteiger partial charge in [0.25, 0.3) is 0 Å². The van der Waals surface area contributed by atoms with Crippen LogP contribution < -0.4 is 24.3 Å². The monoisotopic (exact) mass is 1390 g/mol. The van der Waals surface area contributed by atoms with Gasteiger partial charge >= 0.3 is 0 Å². The van der Waals surface area contributed by atoms with Gasteiger partial charge in [0.05, 0.1) is 0 Å². The van der Waals surface area contributed by atoms with Crippen LogP contribution in [0.5, 0.6) is 11.5 Å². The van der Waals surface area contributed by atoms with E-state index in [0.717, 1.165) is 79.7 Å². The van der Waals surface area contributed by atoms with Crippen molar-refractivity contribution in [3.63, 3.8) is 0 Å². The molecule has 0 amide bonds. The van der Waals surface area contributed by atoms with Crippen LogP contribution in [-0.4, -0.2) is 0 Å². The molecule has 16 aromatic carbocycles. The van der Waals surface area contributed by atoms with Gasteiger partial charge in [-0.25, -0.2) is 0 Å². The Balaban J connectivity index is 0.000000148.